The Bertz CT molecular complexity index is 1110. The third-order valence-corrected chi connectivity index (χ3v) is 6.18. The number of hydrogen-bond donors (Lipinski definition) is 1. The number of carbonyl (C=O) groups is 2. The molecule has 30 heavy (non-hydrogen) atoms. The molecule has 0 aliphatic carbocycles. The molecule has 0 spiro atoms. The standard InChI is InChI=1S/C22H24N4O3S/c1-22(2)20(28)23-16-9-5-7-11-18(16)26(22)19(27)14-30-21-24-15-8-4-6-10-17(15)25(21)12-13-29-3/h4-11H,12-14H2,1-3H3,(H,23,28). The molecule has 1 aliphatic rings. The van der Waals surface area contributed by atoms with Gasteiger partial charge in [-0.05, 0) is 38.1 Å². The van der Waals surface area contributed by atoms with Gasteiger partial charge in [-0.2, -0.15) is 0 Å². The van der Waals surface area contributed by atoms with Gasteiger partial charge in [0.1, 0.15) is 5.54 Å². The molecular formula is C22H24N4O3S. The van der Waals surface area contributed by atoms with Crippen molar-refractivity contribution in [2.45, 2.75) is 31.1 Å². The second kappa shape index (κ2) is 8.12. The van der Waals surface area contributed by atoms with Crippen molar-refractivity contribution < 1.29 is 14.3 Å². The van der Waals surface area contributed by atoms with E-state index < -0.39 is 5.54 Å². The van der Waals surface area contributed by atoms with E-state index in [1.54, 1.807) is 31.9 Å². The van der Waals surface area contributed by atoms with Crippen LogP contribution in [0, 0.1) is 0 Å². The summed E-state index contributed by atoms with van der Waals surface area (Å²) in [4.78, 5) is 32.2. The minimum absolute atomic E-state index is 0.141. The molecule has 0 bridgehead atoms. The minimum Gasteiger partial charge on any atom is -0.383 e. The fraction of sp³-hybridized carbons (Fsp3) is 0.318. The van der Waals surface area contributed by atoms with E-state index in [1.165, 1.54) is 11.8 Å². The Labute approximate surface area is 179 Å². The van der Waals surface area contributed by atoms with Gasteiger partial charge in [-0.15, -0.1) is 0 Å². The van der Waals surface area contributed by atoms with Crippen molar-refractivity contribution in [2.24, 2.45) is 0 Å². The van der Waals surface area contributed by atoms with Crippen molar-refractivity contribution in [3.05, 3.63) is 48.5 Å². The highest BCUT2D eigenvalue weighted by molar-refractivity contribution is 7.99. The van der Waals surface area contributed by atoms with Crippen molar-refractivity contribution >= 4 is 46.0 Å². The minimum atomic E-state index is -0.984. The van der Waals surface area contributed by atoms with E-state index in [9.17, 15) is 9.59 Å². The molecule has 1 N–H and O–H groups in total. The van der Waals surface area contributed by atoms with Crippen LogP contribution in [0.25, 0.3) is 11.0 Å². The van der Waals surface area contributed by atoms with Crippen molar-refractivity contribution in [2.75, 3.05) is 29.7 Å². The van der Waals surface area contributed by atoms with Crippen LogP contribution >= 0.6 is 11.8 Å². The first kappa shape index (κ1) is 20.4. The summed E-state index contributed by atoms with van der Waals surface area (Å²) in [6, 6.07) is 15.3. The Kier molecular flexibility index (Phi) is 5.53. The molecule has 7 nitrogen and oxygen atoms in total. The summed E-state index contributed by atoms with van der Waals surface area (Å²) < 4.78 is 7.31. The largest absolute Gasteiger partial charge is 0.383 e. The second-order valence-corrected chi connectivity index (χ2v) is 8.52. The molecule has 8 heteroatoms. The first-order chi connectivity index (χ1) is 14.4. The Morgan fingerprint density at radius 3 is 2.70 bits per heavy atom. The van der Waals surface area contributed by atoms with Crippen LogP contribution in [-0.2, 0) is 20.9 Å². The maximum Gasteiger partial charge on any atom is 0.250 e. The number of para-hydroxylation sites is 4. The second-order valence-electron chi connectivity index (χ2n) is 7.58. The third-order valence-electron chi connectivity index (χ3n) is 5.22. The van der Waals surface area contributed by atoms with Gasteiger partial charge in [0.15, 0.2) is 5.16 Å². The van der Waals surface area contributed by atoms with Gasteiger partial charge in [0.25, 0.3) is 0 Å². The maximum absolute atomic E-state index is 13.3. The number of imidazole rings is 1. The van der Waals surface area contributed by atoms with Gasteiger partial charge in [0, 0.05) is 13.7 Å². The number of nitrogens with zero attached hydrogens (tertiary/aromatic N) is 3. The number of rotatable bonds is 6. The number of nitrogens with one attached hydrogen (secondary N) is 1. The SMILES string of the molecule is COCCn1c(SCC(=O)N2c3ccccc3NC(=O)C2(C)C)nc2ccccc21. The molecule has 156 valence electrons. The maximum atomic E-state index is 13.3. The average Bonchev–Trinajstić information content (AvgIpc) is 3.08. The lowest BCUT2D eigenvalue weighted by Gasteiger charge is -2.42. The van der Waals surface area contributed by atoms with Crippen molar-refractivity contribution in [3.63, 3.8) is 0 Å². The van der Waals surface area contributed by atoms with Crippen LogP contribution in [-0.4, -0.2) is 46.4 Å². The molecule has 3 aromatic rings. The Morgan fingerprint density at radius 2 is 1.90 bits per heavy atom. The number of hydrogen-bond acceptors (Lipinski definition) is 5. The molecule has 1 aromatic heterocycles. The van der Waals surface area contributed by atoms with E-state index in [4.69, 9.17) is 9.72 Å². The summed E-state index contributed by atoms with van der Waals surface area (Å²) in [7, 11) is 1.66. The van der Waals surface area contributed by atoms with E-state index in [-0.39, 0.29) is 17.6 Å². The van der Waals surface area contributed by atoms with Crippen LogP contribution in [0.1, 0.15) is 13.8 Å². The van der Waals surface area contributed by atoms with E-state index in [0.29, 0.717) is 24.5 Å². The molecule has 0 atom stereocenters. The molecule has 4 rings (SSSR count). The fourth-order valence-corrected chi connectivity index (χ4v) is 4.54. The quantitative estimate of drug-likeness (QED) is 0.613. The number of benzene rings is 2. The molecular weight excluding hydrogens is 400 g/mol. The summed E-state index contributed by atoms with van der Waals surface area (Å²) in [5, 5.41) is 3.65. The van der Waals surface area contributed by atoms with Crippen molar-refractivity contribution in [1.82, 2.24) is 9.55 Å². The highest BCUT2D eigenvalue weighted by Gasteiger charge is 2.43. The van der Waals surface area contributed by atoms with Gasteiger partial charge < -0.3 is 14.6 Å². The van der Waals surface area contributed by atoms with E-state index >= 15 is 0 Å². The fourth-order valence-electron chi connectivity index (χ4n) is 3.65. The molecule has 1 aliphatic heterocycles. The normalized spacial score (nSPS) is 15.2. The zero-order chi connectivity index (χ0) is 21.3. The average molecular weight is 425 g/mol. The first-order valence-corrected chi connectivity index (χ1v) is 10.7. The highest BCUT2D eigenvalue weighted by Crippen LogP contribution is 2.37. The van der Waals surface area contributed by atoms with Gasteiger partial charge in [0.2, 0.25) is 11.8 Å². The molecule has 2 aromatic carbocycles. The van der Waals surface area contributed by atoms with Crippen LogP contribution < -0.4 is 10.2 Å². The number of methoxy groups -OCH3 is 1. The van der Waals surface area contributed by atoms with Crippen LogP contribution in [0.15, 0.2) is 53.7 Å². The van der Waals surface area contributed by atoms with E-state index in [1.807, 2.05) is 42.5 Å². The summed E-state index contributed by atoms with van der Waals surface area (Å²) >= 11 is 1.37. The van der Waals surface area contributed by atoms with E-state index in [0.717, 1.165) is 16.2 Å². The van der Waals surface area contributed by atoms with Crippen LogP contribution in [0.4, 0.5) is 11.4 Å². The molecule has 0 fully saturated rings. The highest BCUT2D eigenvalue weighted by atomic mass is 32.2. The predicted octanol–water partition coefficient (Wildman–Crippen LogP) is 3.54. The zero-order valence-electron chi connectivity index (χ0n) is 17.2. The van der Waals surface area contributed by atoms with Crippen molar-refractivity contribution in [3.8, 4) is 0 Å². The summed E-state index contributed by atoms with van der Waals surface area (Å²) in [6.45, 7) is 4.71. The Balaban J connectivity index is 1.61. The number of carbonyl (C=O) groups excluding carboxylic acids is 2. The van der Waals surface area contributed by atoms with Gasteiger partial charge in [-0.3, -0.25) is 14.5 Å². The molecule has 2 heterocycles. The number of anilines is 2. The van der Waals surface area contributed by atoms with Gasteiger partial charge in [-0.1, -0.05) is 36.0 Å². The molecule has 0 unspecified atom stereocenters. The molecule has 0 saturated carbocycles. The summed E-state index contributed by atoms with van der Waals surface area (Å²) in [5.41, 5.74) is 2.26. The van der Waals surface area contributed by atoms with Crippen molar-refractivity contribution in [1.29, 1.82) is 0 Å². The Hall–Kier alpha value is -2.84. The topological polar surface area (TPSA) is 76.5 Å². The molecule has 0 saturated heterocycles. The third kappa shape index (κ3) is 3.57. The van der Waals surface area contributed by atoms with Gasteiger partial charge in [-0.25, -0.2) is 4.98 Å². The Morgan fingerprint density at radius 1 is 1.17 bits per heavy atom. The summed E-state index contributed by atoms with van der Waals surface area (Å²) in [5.74, 6) is -0.175. The van der Waals surface area contributed by atoms with Crippen LogP contribution in [0.3, 0.4) is 0 Å². The van der Waals surface area contributed by atoms with Crippen LogP contribution in [0.2, 0.25) is 0 Å². The van der Waals surface area contributed by atoms with Gasteiger partial charge in [0.05, 0.1) is 34.8 Å². The summed E-state index contributed by atoms with van der Waals surface area (Å²) in [6.07, 6.45) is 0. The lowest BCUT2D eigenvalue weighted by molar-refractivity contribution is -0.125. The smallest absolute Gasteiger partial charge is 0.250 e. The molecule has 0 radical (unpaired) electrons. The predicted molar refractivity (Wildman–Crippen MR) is 119 cm³/mol. The number of amides is 2. The number of ether oxygens (including phenoxy) is 1. The lowest BCUT2D eigenvalue weighted by Crippen LogP contribution is -2.59. The number of thioether (sulfide) groups is 1. The first-order valence-electron chi connectivity index (χ1n) is 9.74. The molecule has 2 amide bonds. The van der Waals surface area contributed by atoms with Gasteiger partial charge >= 0.3 is 0 Å². The lowest BCUT2D eigenvalue weighted by atomic mass is 9.96. The van der Waals surface area contributed by atoms with Crippen LogP contribution in [0.5, 0.6) is 0 Å². The zero-order valence-corrected chi connectivity index (χ0v) is 18.0. The van der Waals surface area contributed by atoms with E-state index in [2.05, 4.69) is 9.88 Å². The number of aromatic nitrogens is 2. The monoisotopic (exact) mass is 424 g/mol. The number of fused-ring (bicyclic) bond motifs is 2.